The number of nitrogens with zero attached hydrogens (tertiary/aromatic N) is 3. The molecule has 0 fully saturated rings. The average Bonchev–Trinajstić information content (AvgIpc) is 3.13. The van der Waals surface area contributed by atoms with Crippen LogP contribution in [0.5, 0.6) is 0 Å². The molecule has 4 rings (SSSR count). The van der Waals surface area contributed by atoms with Gasteiger partial charge in [0.1, 0.15) is 11.3 Å². The number of aryl methyl sites for hydroxylation is 3. The molecule has 9 nitrogen and oxygen atoms in total. The highest BCUT2D eigenvalue weighted by atomic mass is 32.2. The van der Waals surface area contributed by atoms with Crippen LogP contribution in [0, 0.1) is 0 Å². The molecule has 10 heteroatoms. The monoisotopic (exact) mass is 403 g/mol. The second-order valence-corrected chi connectivity index (χ2v) is 8.82. The topological polar surface area (TPSA) is 119 Å². The van der Waals surface area contributed by atoms with Gasteiger partial charge in [0.25, 0.3) is 5.56 Å². The molecule has 3 aromatic rings. The van der Waals surface area contributed by atoms with E-state index in [9.17, 15) is 18.0 Å². The van der Waals surface area contributed by atoms with Crippen molar-refractivity contribution in [1.82, 2.24) is 23.8 Å². The van der Waals surface area contributed by atoms with E-state index in [4.69, 9.17) is 0 Å². The van der Waals surface area contributed by atoms with Gasteiger partial charge in [0, 0.05) is 14.1 Å². The lowest BCUT2D eigenvalue weighted by atomic mass is 9.92. The van der Waals surface area contributed by atoms with E-state index in [1.165, 1.54) is 24.2 Å². The molecular formula is C18H21N5O4S. The second-order valence-electron chi connectivity index (χ2n) is 7.05. The molecule has 0 unspecified atom stereocenters. The van der Waals surface area contributed by atoms with Gasteiger partial charge in [-0.3, -0.25) is 13.9 Å². The summed E-state index contributed by atoms with van der Waals surface area (Å²) >= 11 is 0. The third-order valence-electron chi connectivity index (χ3n) is 5.20. The van der Waals surface area contributed by atoms with Crippen molar-refractivity contribution in [3.05, 3.63) is 56.0 Å². The maximum Gasteiger partial charge on any atom is 0.332 e. The van der Waals surface area contributed by atoms with Crippen molar-refractivity contribution in [2.24, 2.45) is 14.1 Å². The van der Waals surface area contributed by atoms with Gasteiger partial charge in [-0.25, -0.2) is 22.9 Å². The number of hydrogen-bond donors (Lipinski definition) is 2. The molecule has 0 amide bonds. The average molecular weight is 403 g/mol. The van der Waals surface area contributed by atoms with Crippen LogP contribution in [0.2, 0.25) is 0 Å². The summed E-state index contributed by atoms with van der Waals surface area (Å²) in [5.41, 5.74) is 1.64. The minimum Gasteiger partial charge on any atom is -0.335 e. The van der Waals surface area contributed by atoms with E-state index in [1.807, 2.05) is 6.07 Å². The number of sulfonamides is 1. The summed E-state index contributed by atoms with van der Waals surface area (Å²) in [5, 5.41) is 0. The lowest BCUT2D eigenvalue weighted by Gasteiger charge is -2.16. The van der Waals surface area contributed by atoms with Gasteiger partial charge in [-0.15, -0.1) is 0 Å². The minimum atomic E-state index is -3.73. The Kier molecular flexibility index (Phi) is 4.47. The molecule has 0 saturated carbocycles. The number of nitrogens with one attached hydrogen (secondary N) is 2. The number of fused-ring (bicyclic) bond motifs is 2. The van der Waals surface area contributed by atoms with Crippen LogP contribution in [0.1, 0.15) is 29.8 Å². The predicted octanol–water partition coefficient (Wildman–Crippen LogP) is 0.318. The van der Waals surface area contributed by atoms with Crippen LogP contribution in [-0.2, 0) is 43.5 Å². The molecular weight excluding hydrogens is 382 g/mol. The summed E-state index contributed by atoms with van der Waals surface area (Å²) in [4.78, 5) is 31.4. The van der Waals surface area contributed by atoms with E-state index in [1.54, 1.807) is 12.1 Å². The molecule has 1 aliphatic rings. The maximum absolute atomic E-state index is 12.7. The molecule has 1 aromatic carbocycles. The highest BCUT2D eigenvalue weighted by Crippen LogP contribution is 2.24. The zero-order valence-corrected chi connectivity index (χ0v) is 16.5. The summed E-state index contributed by atoms with van der Waals surface area (Å²) in [7, 11) is -0.843. The highest BCUT2D eigenvalue weighted by Gasteiger charge is 2.19. The fourth-order valence-electron chi connectivity index (χ4n) is 3.58. The highest BCUT2D eigenvalue weighted by molar-refractivity contribution is 7.89. The van der Waals surface area contributed by atoms with E-state index in [2.05, 4.69) is 14.7 Å². The Labute approximate surface area is 161 Å². The SMILES string of the molecule is Cn1c(=O)c2[nH]c(CNS(=O)(=O)c3ccc4c(c3)CCCC4)nc2n(C)c1=O. The van der Waals surface area contributed by atoms with Gasteiger partial charge in [0.05, 0.1) is 11.4 Å². The normalized spacial score (nSPS) is 14.4. The Morgan fingerprint density at radius 1 is 1.11 bits per heavy atom. The van der Waals surface area contributed by atoms with Gasteiger partial charge in [0.15, 0.2) is 5.65 Å². The first kappa shape index (κ1) is 18.6. The second kappa shape index (κ2) is 6.71. The Morgan fingerprint density at radius 3 is 2.57 bits per heavy atom. The lowest BCUT2D eigenvalue weighted by molar-refractivity contribution is 0.579. The van der Waals surface area contributed by atoms with Gasteiger partial charge in [0.2, 0.25) is 10.0 Å². The van der Waals surface area contributed by atoms with Crippen LogP contribution in [0.15, 0.2) is 32.7 Å². The summed E-state index contributed by atoms with van der Waals surface area (Å²) in [6.07, 6.45) is 4.07. The third-order valence-corrected chi connectivity index (χ3v) is 6.60. The number of benzene rings is 1. The van der Waals surface area contributed by atoms with Gasteiger partial charge >= 0.3 is 5.69 Å². The molecule has 0 spiro atoms. The van der Waals surface area contributed by atoms with Crippen LogP contribution in [0.3, 0.4) is 0 Å². The summed E-state index contributed by atoms with van der Waals surface area (Å²) < 4.78 is 30.1. The van der Waals surface area contributed by atoms with Crippen molar-refractivity contribution in [3.63, 3.8) is 0 Å². The summed E-state index contributed by atoms with van der Waals surface area (Å²) in [6.45, 7) is -0.120. The third kappa shape index (κ3) is 3.08. The quantitative estimate of drug-likeness (QED) is 0.650. The molecule has 1 aliphatic carbocycles. The van der Waals surface area contributed by atoms with Gasteiger partial charge in [-0.1, -0.05) is 6.07 Å². The van der Waals surface area contributed by atoms with E-state index in [0.717, 1.165) is 35.8 Å². The largest absolute Gasteiger partial charge is 0.335 e. The van der Waals surface area contributed by atoms with Crippen LogP contribution in [-0.4, -0.2) is 27.5 Å². The number of aromatic nitrogens is 4. The van der Waals surface area contributed by atoms with E-state index in [0.29, 0.717) is 0 Å². The van der Waals surface area contributed by atoms with Crippen molar-refractivity contribution in [2.45, 2.75) is 37.1 Å². The number of hydrogen-bond acceptors (Lipinski definition) is 5. The van der Waals surface area contributed by atoms with E-state index in [-0.39, 0.29) is 28.4 Å². The Bertz CT molecular complexity index is 1300. The number of rotatable bonds is 4. The Morgan fingerprint density at radius 2 is 1.82 bits per heavy atom. The smallest absolute Gasteiger partial charge is 0.332 e. The summed E-state index contributed by atoms with van der Waals surface area (Å²) in [5.74, 6) is 0.259. The molecule has 148 valence electrons. The van der Waals surface area contributed by atoms with Crippen molar-refractivity contribution in [1.29, 1.82) is 0 Å². The van der Waals surface area contributed by atoms with Crippen LogP contribution < -0.4 is 16.0 Å². The molecule has 0 bridgehead atoms. The number of imidazole rings is 1. The number of H-pyrrole nitrogens is 1. The molecule has 28 heavy (non-hydrogen) atoms. The van der Waals surface area contributed by atoms with Gasteiger partial charge in [-0.2, -0.15) is 0 Å². The Balaban J connectivity index is 1.62. The van der Waals surface area contributed by atoms with E-state index < -0.39 is 21.3 Å². The molecule has 0 radical (unpaired) electrons. The zero-order chi connectivity index (χ0) is 20.1. The van der Waals surface area contributed by atoms with Crippen molar-refractivity contribution >= 4 is 21.2 Å². The maximum atomic E-state index is 12.7. The Hall–Kier alpha value is -2.72. The standard InChI is InChI=1S/C18H21N5O4S/c1-22-16-15(17(24)23(2)18(22)25)20-14(21-16)10-19-28(26,27)13-8-7-11-5-3-4-6-12(11)9-13/h7-9,19H,3-6,10H2,1-2H3,(H,20,21). The molecule has 0 aliphatic heterocycles. The van der Waals surface area contributed by atoms with Crippen molar-refractivity contribution in [2.75, 3.05) is 0 Å². The van der Waals surface area contributed by atoms with E-state index >= 15 is 0 Å². The molecule has 0 saturated heterocycles. The first-order chi connectivity index (χ1) is 13.3. The molecule has 2 aromatic heterocycles. The molecule has 0 atom stereocenters. The van der Waals surface area contributed by atoms with Crippen molar-refractivity contribution < 1.29 is 8.42 Å². The predicted molar refractivity (Wildman–Crippen MR) is 104 cm³/mol. The molecule has 2 heterocycles. The number of aromatic amines is 1. The first-order valence-corrected chi connectivity index (χ1v) is 10.5. The zero-order valence-electron chi connectivity index (χ0n) is 15.7. The fraction of sp³-hybridized carbons (Fsp3) is 0.389. The van der Waals surface area contributed by atoms with Gasteiger partial charge < -0.3 is 4.98 Å². The van der Waals surface area contributed by atoms with Crippen LogP contribution in [0.4, 0.5) is 0 Å². The van der Waals surface area contributed by atoms with Crippen LogP contribution in [0.25, 0.3) is 11.2 Å². The minimum absolute atomic E-state index is 0.120. The van der Waals surface area contributed by atoms with Crippen molar-refractivity contribution in [3.8, 4) is 0 Å². The first-order valence-electron chi connectivity index (χ1n) is 9.04. The van der Waals surface area contributed by atoms with Gasteiger partial charge in [-0.05, 0) is 48.9 Å². The lowest BCUT2D eigenvalue weighted by Crippen LogP contribution is -2.36. The van der Waals surface area contributed by atoms with Crippen LogP contribution >= 0.6 is 0 Å². The molecule has 2 N–H and O–H groups in total. The summed E-state index contributed by atoms with van der Waals surface area (Å²) in [6, 6.07) is 5.23. The fourth-order valence-corrected chi connectivity index (χ4v) is 4.62.